The Morgan fingerprint density at radius 2 is 2.33 bits per heavy atom. The number of ether oxygens (including phenoxy) is 1. The van der Waals surface area contributed by atoms with E-state index in [4.69, 9.17) is 17.0 Å². The Hall–Kier alpha value is -1.07. The minimum absolute atomic E-state index is 0.198. The summed E-state index contributed by atoms with van der Waals surface area (Å²) in [4.78, 5) is 2.09. The Balaban J connectivity index is 2.07. The van der Waals surface area contributed by atoms with E-state index in [0.29, 0.717) is 6.54 Å². The SMILES string of the molecule is C=C(C)CN1C(=S)NC2CC1(C)Oc1c(Br)cc(C)cc12. The maximum absolute atomic E-state index is 6.37. The average molecular weight is 367 g/mol. The summed E-state index contributed by atoms with van der Waals surface area (Å²) in [5, 5.41) is 4.19. The molecule has 21 heavy (non-hydrogen) atoms. The number of hydrogen-bond donors (Lipinski definition) is 1. The zero-order valence-electron chi connectivity index (χ0n) is 12.5. The molecule has 0 aliphatic carbocycles. The van der Waals surface area contributed by atoms with Gasteiger partial charge in [-0.2, -0.15) is 0 Å². The van der Waals surface area contributed by atoms with Gasteiger partial charge in [-0.25, -0.2) is 0 Å². The van der Waals surface area contributed by atoms with E-state index in [1.807, 2.05) is 6.92 Å². The molecule has 0 amide bonds. The predicted molar refractivity (Wildman–Crippen MR) is 92.5 cm³/mol. The maximum Gasteiger partial charge on any atom is 0.184 e. The molecule has 0 saturated carbocycles. The molecule has 1 aromatic carbocycles. The molecule has 3 rings (SSSR count). The van der Waals surface area contributed by atoms with Crippen LogP contribution in [0.15, 0.2) is 28.8 Å². The second-order valence-corrected chi connectivity index (χ2v) is 7.43. The average Bonchev–Trinajstić information content (AvgIpc) is 2.36. The van der Waals surface area contributed by atoms with Crippen molar-refractivity contribution < 1.29 is 4.74 Å². The first-order valence-corrected chi connectivity index (χ1v) is 8.22. The van der Waals surface area contributed by atoms with Crippen molar-refractivity contribution in [3.8, 4) is 5.75 Å². The molecule has 3 nitrogen and oxygen atoms in total. The van der Waals surface area contributed by atoms with E-state index in [2.05, 4.69) is 58.7 Å². The van der Waals surface area contributed by atoms with Crippen LogP contribution in [0.5, 0.6) is 5.75 Å². The van der Waals surface area contributed by atoms with Crippen LogP contribution in [0.4, 0.5) is 0 Å². The first-order chi connectivity index (χ1) is 9.80. The number of halogens is 1. The van der Waals surface area contributed by atoms with Gasteiger partial charge in [0.15, 0.2) is 10.8 Å². The van der Waals surface area contributed by atoms with Crippen LogP contribution in [-0.4, -0.2) is 22.3 Å². The van der Waals surface area contributed by atoms with Crippen LogP contribution in [-0.2, 0) is 0 Å². The van der Waals surface area contributed by atoms with Crippen molar-refractivity contribution in [2.75, 3.05) is 6.54 Å². The van der Waals surface area contributed by atoms with Gasteiger partial charge >= 0.3 is 0 Å². The molecule has 2 atom stereocenters. The zero-order valence-corrected chi connectivity index (χ0v) is 14.9. The number of benzene rings is 1. The van der Waals surface area contributed by atoms with Gasteiger partial charge in [0, 0.05) is 18.5 Å². The molecule has 1 saturated heterocycles. The molecule has 0 aromatic heterocycles. The standard InChI is InChI=1S/C16H19BrN2OS/c1-9(2)8-19-15(21)18-13-7-16(19,4)20-14-11(13)5-10(3)6-12(14)17/h5-6,13H,1,7-8H2,2-4H3,(H,18,21). The highest BCUT2D eigenvalue weighted by atomic mass is 79.9. The Labute approximate surface area is 139 Å². The molecule has 1 aromatic rings. The van der Waals surface area contributed by atoms with Crippen molar-refractivity contribution in [2.45, 2.75) is 39.0 Å². The summed E-state index contributed by atoms with van der Waals surface area (Å²) in [5.74, 6) is 0.918. The number of nitrogens with zero attached hydrogens (tertiary/aromatic N) is 1. The quantitative estimate of drug-likeness (QED) is 0.629. The molecule has 1 fully saturated rings. The van der Waals surface area contributed by atoms with Crippen LogP contribution in [0.2, 0.25) is 0 Å². The van der Waals surface area contributed by atoms with Gasteiger partial charge in [-0.05, 0) is 60.5 Å². The van der Waals surface area contributed by atoms with Gasteiger partial charge in [-0.3, -0.25) is 0 Å². The van der Waals surface area contributed by atoms with E-state index < -0.39 is 5.72 Å². The number of aryl methyl sites for hydroxylation is 1. The second-order valence-electron chi connectivity index (χ2n) is 6.19. The second kappa shape index (κ2) is 4.99. The summed E-state index contributed by atoms with van der Waals surface area (Å²) < 4.78 is 7.37. The zero-order chi connectivity index (χ0) is 15.4. The third-order valence-corrected chi connectivity index (χ3v) is 4.97. The van der Waals surface area contributed by atoms with Crippen LogP contribution in [0.1, 0.15) is 37.4 Å². The third kappa shape index (κ3) is 2.46. The van der Waals surface area contributed by atoms with E-state index in [9.17, 15) is 0 Å². The predicted octanol–water partition coefficient (Wildman–Crippen LogP) is 4.06. The molecule has 0 radical (unpaired) electrons. The first-order valence-electron chi connectivity index (χ1n) is 7.02. The van der Waals surface area contributed by atoms with Crippen molar-refractivity contribution in [2.24, 2.45) is 0 Å². The largest absolute Gasteiger partial charge is 0.467 e. The fraction of sp³-hybridized carbons (Fsp3) is 0.438. The smallest absolute Gasteiger partial charge is 0.184 e. The Morgan fingerprint density at radius 3 is 3.00 bits per heavy atom. The topological polar surface area (TPSA) is 24.5 Å². The van der Waals surface area contributed by atoms with Gasteiger partial charge in [0.25, 0.3) is 0 Å². The van der Waals surface area contributed by atoms with Crippen molar-refractivity contribution in [1.29, 1.82) is 0 Å². The normalized spacial score (nSPS) is 26.8. The van der Waals surface area contributed by atoms with Crippen molar-refractivity contribution in [3.63, 3.8) is 0 Å². The highest BCUT2D eigenvalue weighted by molar-refractivity contribution is 9.10. The molecule has 1 N–H and O–H groups in total. The molecule has 2 heterocycles. The summed E-state index contributed by atoms with van der Waals surface area (Å²) in [5.41, 5.74) is 3.02. The van der Waals surface area contributed by atoms with Crippen molar-refractivity contribution >= 4 is 33.3 Å². The van der Waals surface area contributed by atoms with Crippen LogP contribution < -0.4 is 10.1 Å². The summed E-state index contributed by atoms with van der Waals surface area (Å²) in [6.45, 7) is 10.9. The van der Waals surface area contributed by atoms with Crippen LogP contribution >= 0.6 is 28.1 Å². The van der Waals surface area contributed by atoms with Crippen LogP contribution in [0, 0.1) is 6.92 Å². The van der Waals surface area contributed by atoms with Crippen molar-refractivity contribution in [1.82, 2.24) is 10.2 Å². The lowest BCUT2D eigenvalue weighted by molar-refractivity contribution is -0.0647. The van der Waals surface area contributed by atoms with E-state index >= 15 is 0 Å². The molecular formula is C16H19BrN2OS. The fourth-order valence-electron chi connectivity index (χ4n) is 3.12. The lowest BCUT2D eigenvalue weighted by Crippen LogP contribution is -2.64. The molecule has 2 bridgehead atoms. The highest BCUT2D eigenvalue weighted by Crippen LogP contribution is 2.47. The minimum Gasteiger partial charge on any atom is -0.467 e. The summed E-state index contributed by atoms with van der Waals surface area (Å²) in [6, 6.07) is 4.46. The maximum atomic E-state index is 6.37. The van der Waals surface area contributed by atoms with E-state index in [1.165, 1.54) is 11.1 Å². The molecule has 2 aliphatic rings. The van der Waals surface area contributed by atoms with Crippen molar-refractivity contribution in [3.05, 3.63) is 39.9 Å². The number of rotatable bonds is 2. The minimum atomic E-state index is -0.434. The number of thiocarbonyl (C=S) groups is 1. The number of fused-ring (bicyclic) bond motifs is 4. The summed E-state index contributed by atoms with van der Waals surface area (Å²) in [7, 11) is 0. The van der Waals surface area contributed by atoms with Crippen LogP contribution in [0.3, 0.4) is 0 Å². The van der Waals surface area contributed by atoms with Gasteiger partial charge in [0.2, 0.25) is 0 Å². The van der Waals surface area contributed by atoms with Gasteiger partial charge in [0.05, 0.1) is 10.5 Å². The number of nitrogens with one attached hydrogen (secondary N) is 1. The molecule has 2 unspecified atom stereocenters. The summed E-state index contributed by atoms with van der Waals surface area (Å²) in [6.07, 6.45) is 0.864. The van der Waals surface area contributed by atoms with Gasteiger partial charge in [-0.15, -0.1) is 0 Å². The molecular weight excluding hydrogens is 348 g/mol. The van der Waals surface area contributed by atoms with Gasteiger partial charge in [-0.1, -0.05) is 18.2 Å². The van der Waals surface area contributed by atoms with E-state index in [0.717, 1.165) is 27.3 Å². The molecule has 0 spiro atoms. The monoisotopic (exact) mass is 366 g/mol. The first kappa shape index (κ1) is 14.9. The molecule has 5 heteroatoms. The third-order valence-electron chi connectivity index (χ3n) is 4.04. The highest BCUT2D eigenvalue weighted by Gasteiger charge is 2.47. The van der Waals surface area contributed by atoms with Gasteiger partial charge in [0.1, 0.15) is 5.75 Å². The lowest BCUT2D eigenvalue weighted by atomic mass is 9.89. The number of hydrogen-bond acceptors (Lipinski definition) is 2. The molecule has 112 valence electrons. The lowest BCUT2D eigenvalue weighted by Gasteiger charge is -2.52. The summed E-state index contributed by atoms with van der Waals surface area (Å²) >= 11 is 9.18. The van der Waals surface area contributed by atoms with E-state index in [-0.39, 0.29) is 6.04 Å². The van der Waals surface area contributed by atoms with E-state index in [1.54, 1.807) is 0 Å². The van der Waals surface area contributed by atoms with Crippen LogP contribution in [0.25, 0.3) is 0 Å². The fourth-order valence-corrected chi connectivity index (χ4v) is 4.19. The Morgan fingerprint density at radius 1 is 1.62 bits per heavy atom. The van der Waals surface area contributed by atoms with Gasteiger partial charge < -0.3 is 15.0 Å². The Bertz CT molecular complexity index is 645. The Kier molecular flexibility index (Phi) is 3.53. The molecule has 2 aliphatic heterocycles.